The molecule has 3 heteroatoms. The molecule has 0 aromatic rings. The first-order valence-electron chi connectivity index (χ1n) is 3.74. The van der Waals surface area contributed by atoms with Gasteiger partial charge in [-0.2, -0.15) is 0 Å². The highest BCUT2D eigenvalue weighted by Gasteiger charge is 1.87. The van der Waals surface area contributed by atoms with E-state index in [4.69, 9.17) is 12.2 Å². The van der Waals surface area contributed by atoms with Gasteiger partial charge in [-0.3, -0.25) is 0 Å². The average Bonchev–Trinajstić information content (AvgIpc) is 1.87. The van der Waals surface area contributed by atoms with Gasteiger partial charge in [-0.15, -0.1) is 12.6 Å². The maximum Gasteiger partial charge on any atom is 0.0785 e. The Morgan fingerprint density at radius 1 is 1.40 bits per heavy atom. The summed E-state index contributed by atoms with van der Waals surface area (Å²) in [4.78, 5) is 0. The molecule has 0 heterocycles. The van der Waals surface area contributed by atoms with E-state index in [0.29, 0.717) is 0 Å². The molecule has 0 aliphatic carbocycles. The maximum atomic E-state index is 4.85. The van der Waals surface area contributed by atoms with Crippen molar-refractivity contribution in [3.63, 3.8) is 0 Å². The van der Waals surface area contributed by atoms with E-state index in [0.717, 1.165) is 15.3 Å². The van der Waals surface area contributed by atoms with Crippen LogP contribution in [0.2, 0.25) is 0 Å². The van der Waals surface area contributed by atoms with Gasteiger partial charge >= 0.3 is 0 Å². The van der Waals surface area contributed by atoms with Gasteiger partial charge in [0.05, 0.1) is 3.53 Å². The Morgan fingerprint density at radius 3 is 2.60 bits per heavy atom. The van der Waals surface area contributed by atoms with Gasteiger partial charge in [0.2, 0.25) is 0 Å². The van der Waals surface area contributed by atoms with Crippen LogP contribution in [0.1, 0.15) is 32.6 Å². The predicted octanol–water partition coefficient (Wildman–Crippen LogP) is 2.98. The first kappa shape index (κ1) is 10.8. The highest BCUT2D eigenvalue weighted by atomic mass is 32.2. The van der Waals surface area contributed by atoms with Crippen LogP contribution < -0.4 is 0 Å². The molecule has 0 radical (unpaired) electrons. The Labute approximate surface area is 78.6 Å². The summed E-state index contributed by atoms with van der Waals surface area (Å²) in [5.41, 5.74) is 0. The number of thiol groups is 1. The van der Waals surface area contributed by atoms with Crippen molar-refractivity contribution in [1.29, 1.82) is 0 Å². The third kappa shape index (κ3) is 8.79. The second-order valence-electron chi connectivity index (χ2n) is 2.29. The third-order valence-electron chi connectivity index (χ3n) is 1.31. The highest BCUT2D eigenvalue weighted by molar-refractivity contribution is 8.41. The Balaban J connectivity index is 2.84. The van der Waals surface area contributed by atoms with Crippen LogP contribution in [0.5, 0.6) is 0 Å². The zero-order chi connectivity index (χ0) is 7.82. The molecule has 0 N–H and O–H groups in total. The average molecular weight is 196 g/mol. The fraction of sp³-hybridized carbons (Fsp3) is 0.857. The summed E-state index contributed by atoms with van der Waals surface area (Å²) >= 11 is 9.71. The fourth-order valence-electron chi connectivity index (χ4n) is 0.747. The number of rotatable bonds is 5. The second kappa shape index (κ2) is 7.89. The molecule has 0 spiro atoms. The summed E-state index contributed by atoms with van der Waals surface area (Å²) in [6, 6.07) is 0. The van der Waals surface area contributed by atoms with Crippen molar-refractivity contribution in [2.45, 2.75) is 32.6 Å². The topological polar surface area (TPSA) is 0 Å². The Bertz CT molecular complexity index is 90.9. The van der Waals surface area contributed by atoms with Gasteiger partial charge in [-0.25, -0.2) is 11.8 Å². The summed E-state index contributed by atoms with van der Waals surface area (Å²) in [6.07, 6.45) is 5.37. The van der Waals surface area contributed by atoms with E-state index in [9.17, 15) is 0 Å². The molecule has 0 aliphatic rings. The molecule has 62 valence electrons. The lowest BCUT2D eigenvalue weighted by atomic mass is 10.2. The van der Waals surface area contributed by atoms with Crippen LogP contribution in [0.4, 0.5) is 0 Å². The molecule has 0 bridgehead atoms. The fourth-order valence-corrected chi connectivity index (χ4v) is 2.03. The minimum atomic E-state index is 0.796. The molecule has 0 fully saturated rings. The van der Waals surface area contributed by atoms with E-state index < -0.39 is 0 Å². The molecule has 0 nitrogen and oxygen atoms in total. The van der Waals surface area contributed by atoms with E-state index in [1.54, 1.807) is 0 Å². The first-order chi connectivity index (χ1) is 4.77. The lowest BCUT2D eigenvalue weighted by molar-refractivity contribution is 0.707. The van der Waals surface area contributed by atoms with Crippen LogP contribution in [0, 0.1) is 0 Å². The van der Waals surface area contributed by atoms with Crippen molar-refractivity contribution in [3.05, 3.63) is 0 Å². The quantitative estimate of drug-likeness (QED) is 0.401. The predicted molar refractivity (Wildman–Crippen MR) is 61.0 cm³/mol. The Kier molecular flexibility index (Phi) is 8.52. The summed E-state index contributed by atoms with van der Waals surface area (Å²) in [6.45, 7) is 2.23. The van der Waals surface area contributed by atoms with Crippen molar-refractivity contribution in [1.82, 2.24) is 0 Å². The zero-order valence-electron chi connectivity index (χ0n) is 6.39. The normalized spacial score (nSPS) is 11.8. The summed E-state index contributed by atoms with van der Waals surface area (Å²) in [5, 5.41) is 0. The molecule has 10 heavy (non-hydrogen) atoms. The van der Waals surface area contributed by atoms with E-state index in [2.05, 4.69) is 19.6 Å². The summed E-state index contributed by atoms with van der Waals surface area (Å²) in [5.74, 6) is 1.25. The standard InChI is InChI=1S/C7H16S3/c1-2-3-4-5-6-10-7(8)9/h2-6,10H2,1H3,(H,8,9). The molecule has 0 aromatic carbocycles. The summed E-state index contributed by atoms with van der Waals surface area (Å²) in [7, 11) is 0. The number of hydrogen-bond donors (Lipinski definition) is 1. The van der Waals surface area contributed by atoms with Crippen LogP contribution in [0.15, 0.2) is 0 Å². The number of thiocarbonyl (C=S) groups is 1. The number of unbranched alkanes of at least 4 members (excludes halogenated alkanes) is 3. The Hall–Kier alpha value is 0.790. The lowest BCUT2D eigenvalue weighted by Gasteiger charge is -1.99. The first-order valence-corrected chi connectivity index (χ1v) is 5.80. The maximum absolute atomic E-state index is 4.85. The molecule has 0 unspecified atom stereocenters. The van der Waals surface area contributed by atoms with Gasteiger partial charge in [0.15, 0.2) is 0 Å². The molecule has 0 saturated heterocycles. The summed E-state index contributed by atoms with van der Waals surface area (Å²) < 4.78 is 0.886. The number of hydrogen-bond acceptors (Lipinski definition) is 1. The van der Waals surface area contributed by atoms with Crippen molar-refractivity contribution >= 4 is 40.1 Å². The van der Waals surface area contributed by atoms with Crippen LogP contribution in [0.25, 0.3) is 0 Å². The SMILES string of the molecule is CCCCCC[SH2]C(=S)S. The van der Waals surface area contributed by atoms with Gasteiger partial charge < -0.3 is 0 Å². The van der Waals surface area contributed by atoms with Crippen molar-refractivity contribution in [2.75, 3.05) is 5.75 Å². The molecule has 0 saturated carbocycles. The molecule has 0 amide bonds. The molecular weight excluding hydrogens is 180 g/mol. The van der Waals surface area contributed by atoms with Crippen LogP contribution in [0.3, 0.4) is 0 Å². The van der Waals surface area contributed by atoms with Gasteiger partial charge in [-0.05, 0) is 12.2 Å². The smallest absolute Gasteiger partial charge is 0.0785 e. The largest absolute Gasteiger partial charge is 0.224 e. The molecule has 0 aromatic heterocycles. The van der Waals surface area contributed by atoms with Crippen molar-refractivity contribution < 1.29 is 0 Å². The highest BCUT2D eigenvalue weighted by Crippen LogP contribution is 2.11. The minimum Gasteiger partial charge on any atom is -0.224 e. The van der Waals surface area contributed by atoms with E-state index in [-0.39, 0.29) is 0 Å². The lowest BCUT2D eigenvalue weighted by Crippen LogP contribution is -1.82. The van der Waals surface area contributed by atoms with Crippen molar-refractivity contribution in [3.8, 4) is 0 Å². The van der Waals surface area contributed by atoms with E-state index in [1.165, 1.54) is 31.4 Å². The van der Waals surface area contributed by atoms with Crippen LogP contribution in [-0.2, 0) is 0 Å². The van der Waals surface area contributed by atoms with Crippen LogP contribution >= 0.6 is 36.6 Å². The van der Waals surface area contributed by atoms with Crippen LogP contribution in [-0.4, -0.2) is 9.28 Å². The molecule has 0 rings (SSSR count). The minimum absolute atomic E-state index is 0.796. The molecule has 0 aliphatic heterocycles. The second-order valence-corrected chi connectivity index (χ2v) is 5.59. The van der Waals surface area contributed by atoms with Gasteiger partial charge in [0.25, 0.3) is 0 Å². The monoisotopic (exact) mass is 196 g/mol. The molecular formula is C7H16S3. The van der Waals surface area contributed by atoms with Gasteiger partial charge in [-0.1, -0.05) is 38.4 Å². The van der Waals surface area contributed by atoms with Gasteiger partial charge in [0, 0.05) is 0 Å². The van der Waals surface area contributed by atoms with Crippen molar-refractivity contribution in [2.24, 2.45) is 0 Å². The zero-order valence-corrected chi connectivity index (χ0v) is 9.10. The van der Waals surface area contributed by atoms with E-state index >= 15 is 0 Å². The molecule has 0 atom stereocenters. The van der Waals surface area contributed by atoms with Gasteiger partial charge in [0.1, 0.15) is 0 Å². The van der Waals surface area contributed by atoms with E-state index in [1.807, 2.05) is 0 Å². The third-order valence-corrected chi connectivity index (χ3v) is 3.12. The Morgan fingerprint density at radius 2 is 2.10 bits per heavy atom.